The lowest BCUT2D eigenvalue weighted by Crippen LogP contribution is -2.45. The molecule has 1 saturated carbocycles. The summed E-state index contributed by atoms with van der Waals surface area (Å²) in [5.74, 6) is 0.948. The van der Waals surface area contributed by atoms with Crippen molar-refractivity contribution in [2.24, 2.45) is 17.1 Å². The lowest BCUT2D eigenvalue weighted by molar-refractivity contribution is -0.0362. The van der Waals surface area contributed by atoms with Gasteiger partial charge < -0.3 is 10.5 Å². The van der Waals surface area contributed by atoms with Gasteiger partial charge in [-0.15, -0.1) is 0 Å². The second kappa shape index (κ2) is 5.31. The fraction of sp³-hybridized carbons (Fsp3) is 1.00. The summed E-state index contributed by atoms with van der Waals surface area (Å²) in [5, 5.41) is 0. The average molecular weight is 213 g/mol. The third-order valence-corrected chi connectivity index (χ3v) is 3.23. The number of ether oxygens (including phenoxy) is 1. The van der Waals surface area contributed by atoms with Gasteiger partial charge in [-0.3, -0.25) is 0 Å². The molecule has 2 N–H and O–H groups in total. The second-order valence-corrected chi connectivity index (χ2v) is 5.96. The summed E-state index contributed by atoms with van der Waals surface area (Å²) in [5.41, 5.74) is 6.26. The molecule has 2 nitrogen and oxygen atoms in total. The van der Waals surface area contributed by atoms with E-state index in [1.807, 2.05) is 0 Å². The van der Waals surface area contributed by atoms with Crippen LogP contribution in [-0.2, 0) is 4.74 Å². The quantitative estimate of drug-likeness (QED) is 0.736. The molecule has 1 rings (SSSR count). The van der Waals surface area contributed by atoms with Gasteiger partial charge in [0.2, 0.25) is 0 Å². The fourth-order valence-corrected chi connectivity index (χ4v) is 2.00. The molecule has 0 spiro atoms. The van der Waals surface area contributed by atoms with Crippen molar-refractivity contribution < 1.29 is 4.74 Å². The first-order valence-corrected chi connectivity index (χ1v) is 6.32. The predicted molar refractivity (Wildman–Crippen MR) is 64.8 cm³/mol. The molecule has 0 aliphatic heterocycles. The summed E-state index contributed by atoms with van der Waals surface area (Å²) in [4.78, 5) is 0. The normalized spacial score (nSPS) is 21.4. The molecule has 2 heteroatoms. The smallest absolute Gasteiger partial charge is 0.0773 e. The van der Waals surface area contributed by atoms with Crippen molar-refractivity contribution in [2.45, 2.75) is 65.5 Å². The van der Waals surface area contributed by atoms with Crippen LogP contribution in [0.1, 0.15) is 53.4 Å². The second-order valence-electron chi connectivity index (χ2n) is 5.96. The summed E-state index contributed by atoms with van der Waals surface area (Å²) in [7, 11) is 0. The molecule has 90 valence electrons. The lowest BCUT2D eigenvalue weighted by Gasteiger charge is -2.34. The van der Waals surface area contributed by atoms with E-state index in [2.05, 4.69) is 27.7 Å². The molecule has 0 aromatic carbocycles. The van der Waals surface area contributed by atoms with Crippen LogP contribution in [0.15, 0.2) is 0 Å². The van der Waals surface area contributed by atoms with Gasteiger partial charge in [0.1, 0.15) is 0 Å². The molecule has 0 saturated heterocycles. The molecule has 0 aromatic rings. The third kappa shape index (κ3) is 4.52. The summed E-state index contributed by atoms with van der Waals surface area (Å²) in [6.45, 7) is 9.66. The highest BCUT2D eigenvalue weighted by molar-refractivity contribution is 4.83. The van der Waals surface area contributed by atoms with E-state index < -0.39 is 0 Å². The molecule has 2 unspecified atom stereocenters. The lowest BCUT2D eigenvalue weighted by atomic mass is 9.84. The van der Waals surface area contributed by atoms with Crippen molar-refractivity contribution >= 4 is 0 Å². The monoisotopic (exact) mass is 213 g/mol. The first-order chi connectivity index (χ1) is 6.95. The maximum absolute atomic E-state index is 6.11. The van der Waals surface area contributed by atoms with Gasteiger partial charge in [0.05, 0.1) is 6.10 Å². The highest BCUT2D eigenvalue weighted by atomic mass is 16.5. The van der Waals surface area contributed by atoms with Gasteiger partial charge in [-0.25, -0.2) is 0 Å². The van der Waals surface area contributed by atoms with E-state index in [0.29, 0.717) is 0 Å². The Hall–Kier alpha value is -0.0800. The van der Waals surface area contributed by atoms with Crippen molar-refractivity contribution in [2.75, 3.05) is 6.61 Å². The Bertz CT molecular complexity index is 181. The molecule has 0 amide bonds. The standard InChI is InChI=1S/C13H27NO/c1-5-11(14)12(13(2,3)4)15-9-8-10-6-7-10/h10-12H,5-9,14H2,1-4H3. The minimum Gasteiger partial charge on any atom is -0.376 e. The van der Waals surface area contributed by atoms with Crippen molar-refractivity contribution in [1.29, 1.82) is 0 Å². The largest absolute Gasteiger partial charge is 0.376 e. The maximum atomic E-state index is 6.11. The minimum atomic E-state index is 0.152. The molecule has 0 radical (unpaired) electrons. The highest BCUT2D eigenvalue weighted by Gasteiger charge is 2.30. The van der Waals surface area contributed by atoms with Gasteiger partial charge in [0.15, 0.2) is 0 Å². The van der Waals surface area contributed by atoms with Crippen molar-refractivity contribution in [1.82, 2.24) is 0 Å². The number of hydrogen-bond acceptors (Lipinski definition) is 2. The van der Waals surface area contributed by atoms with E-state index >= 15 is 0 Å². The number of rotatable bonds is 6. The zero-order valence-electron chi connectivity index (χ0n) is 10.8. The van der Waals surface area contributed by atoms with Crippen LogP contribution in [0.25, 0.3) is 0 Å². The molecule has 15 heavy (non-hydrogen) atoms. The van der Waals surface area contributed by atoms with E-state index in [-0.39, 0.29) is 17.6 Å². The molecule has 2 atom stereocenters. The molecule has 0 aromatic heterocycles. The Morgan fingerprint density at radius 3 is 2.33 bits per heavy atom. The average Bonchev–Trinajstić information content (AvgIpc) is 2.93. The molecular weight excluding hydrogens is 186 g/mol. The Morgan fingerprint density at radius 2 is 1.93 bits per heavy atom. The first kappa shape index (κ1) is 13.0. The van der Waals surface area contributed by atoms with Gasteiger partial charge in [-0.05, 0) is 24.2 Å². The SMILES string of the molecule is CCC(N)C(OCCC1CC1)C(C)(C)C. The molecular formula is C13H27NO. The summed E-state index contributed by atoms with van der Waals surface area (Å²) in [6, 6.07) is 0.171. The Labute approximate surface area is 94.6 Å². The van der Waals surface area contributed by atoms with Crippen LogP contribution >= 0.6 is 0 Å². The molecule has 1 aliphatic carbocycles. The topological polar surface area (TPSA) is 35.2 Å². The molecule has 1 aliphatic rings. The van der Waals surface area contributed by atoms with Crippen LogP contribution in [0, 0.1) is 11.3 Å². The summed E-state index contributed by atoms with van der Waals surface area (Å²) in [6.07, 6.45) is 5.22. The minimum absolute atomic E-state index is 0.152. The molecule has 0 bridgehead atoms. The molecule has 0 heterocycles. The van der Waals surface area contributed by atoms with Crippen LogP contribution in [-0.4, -0.2) is 18.8 Å². The van der Waals surface area contributed by atoms with Crippen molar-refractivity contribution in [3.8, 4) is 0 Å². The van der Waals surface area contributed by atoms with Gasteiger partial charge in [0, 0.05) is 12.6 Å². The zero-order valence-corrected chi connectivity index (χ0v) is 10.8. The Balaban J connectivity index is 2.33. The van der Waals surface area contributed by atoms with Crippen LogP contribution in [0.2, 0.25) is 0 Å². The fourth-order valence-electron chi connectivity index (χ4n) is 2.00. The van der Waals surface area contributed by atoms with Crippen molar-refractivity contribution in [3.63, 3.8) is 0 Å². The summed E-state index contributed by atoms with van der Waals surface area (Å²) < 4.78 is 5.99. The van der Waals surface area contributed by atoms with Gasteiger partial charge in [0.25, 0.3) is 0 Å². The van der Waals surface area contributed by atoms with Crippen molar-refractivity contribution in [3.05, 3.63) is 0 Å². The van der Waals surface area contributed by atoms with E-state index in [4.69, 9.17) is 10.5 Å². The molecule has 1 fully saturated rings. The highest BCUT2D eigenvalue weighted by Crippen LogP contribution is 2.33. The van der Waals surface area contributed by atoms with Gasteiger partial charge in [-0.2, -0.15) is 0 Å². The predicted octanol–water partition coefficient (Wildman–Crippen LogP) is 2.96. The van der Waals surface area contributed by atoms with E-state index in [1.54, 1.807) is 0 Å². The zero-order chi connectivity index (χ0) is 11.5. The van der Waals surface area contributed by atoms with E-state index in [0.717, 1.165) is 18.9 Å². The third-order valence-electron chi connectivity index (χ3n) is 3.23. The van der Waals surface area contributed by atoms with Crippen LogP contribution < -0.4 is 5.73 Å². The van der Waals surface area contributed by atoms with E-state index in [9.17, 15) is 0 Å². The van der Waals surface area contributed by atoms with Gasteiger partial charge >= 0.3 is 0 Å². The van der Waals surface area contributed by atoms with Crippen LogP contribution in [0.5, 0.6) is 0 Å². The number of nitrogens with two attached hydrogens (primary N) is 1. The maximum Gasteiger partial charge on any atom is 0.0773 e. The van der Waals surface area contributed by atoms with Crippen LogP contribution in [0.3, 0.4) is 0 Å². The Kier molecular flexibility index (Phi) is 4.60. The Morgan fingerprint density at radius 1 is 1.33 bits per heavy atom. The van der Waals surface area contributed by atoms with Crippen LogP contribution in [0.4, 0.5) is 0 Å². The summed E-state index contributed by atoms with van der Waals surface area (Å²) >= 11 is 0. The van der Waals surface area contributed by atoms with Gasteiger partial charge in [-0.1, -0.05) is 40.5 Å². The van der Waals surface area contributed by atoms with E-state index in [1.165, 1.54) is 19.3 Å². The first-order valence-electron chi connectivity index (χ1n) is 6.32. The number of hydrogen-bond donors (Lipinski definition) is 1.